The topological polar surface area (TPSA) is 38.7 Å². The third-order valence-electron chi connectivity index (χ3n) is 3.43. The molecule has 1 unspecified atom stereocenters. The maximum atomic E-state index is 10.6. The van der Waals surface area contributed by atoms with Gasteiger partial charge in [0.05, 0.1) is 13.7 Å². The number of rotatable bonds is 3. The van der Waals surface area contributed by atoms with E-state index in [0.717, 1.165) is 22.8 Å². The summed E-state index contributed by atoms with van der Waals surface area (Å²) in [6, 6.07) is 11.8. The first-order valence-corrected chi connectivity index (χ1v) is 6.38. The summed E-state index contributed by atoms with van der Waals surface area (Å²) < 4.78 is 10.9. The van der Waals surface area contributed by atoms with E-state index in [-0.39, 0.29) is 0 Å². The molecular formula is C16H16O3. The maximum absolute atomic E-state index is 10.6. The van der Waals surface area contributed by atoms with Crippen molar-refractivity contribution in [1.29, 1.82) is 0 Å². The molecular weight excluding hydrogens is 240 g/mol. The van der Waals surface area contributed by atoms with Crippen LogP contribution in [0.15, 0.2) is 48.2 Å². The van der Waals surface area contributed by atoms with Gasteiger partial charge < -0.3 is 14.6 Å². The number of aliphatic hydroxyl groups is 1. The van der Waals surface area contributed by atoms with Crippen molar-refractivity contribution in [1.82, 2.24) is 0 Å². The predicted molar refractivity (Wildman–Crippen MR) is 74.1 cm³/mol. The molecule has 2 aromatic carbocycles. The van der Waals surface area contributed by atoms with Gasteiger partial charge in [0.1, 0.15) is 17.6 Å². The summed E-state index contributed by atoms with van der Waals surface area (Å²) in [5.41, 5.74) is 0.772. The van der Waals surface area contributed by atoms with Gasteiger partial charge in [-0.05, 0) is 22.9 Å². The molecule has 2 aromatic rings. The summed E-state index contributed by atoms with van der Waals surface area (Å²) in [6.45, 7) is 0.638. The molecule has 0 saturated heterocycles. The summed E-state index contributed by atoms with van der Waals surface area (Å²) in [7, 11) is 1.62. The quantitative estimate of drug-likeness (QED) is 0.916. The lowest BCUT2D eigenvalue weighted by atomic mass is 9.98. The Bertz CT molecular complexity index is 631. The molecule has 0 amide bonds. The van der Waals surface area contributed by atoms with Crippen LogP contribution in [-0.4, -0.2) is 18.8 Å². The highest BCUT2D eigenvalue weighted by molar-refractivity contribution is 5.88. The van der Waals surface area contributed by atoms with Gasteiger partial charge in [-0.2, -0.15) is 0 Å². The van der Waals surface area contributed by atoms with Crippen LogP contribution in [0.2, 0.25) is 0 Å². The van der Waals surface area contributed by atoms with Crippen molar-refractivity contribution in [3.8, 4) is 5.75 Å². The minimum Gasteiger partial charge on any atom is -0.496 e. The maximum Gasteiger partial charge on any atom is 0.140 e. The largest absolute Gasteiger partial charge is 0.496 e. The highest BCUT2D eigenvalue weighted by Gasteiger charge is 2.23. The average molecular weight is 256 g/mol. The molecule has 0 aromatic heterocycles. The first kappa shape index (κ1) is 12.1. The number of hydrogen-bond acceptors (Lipinski definition) is 3. The molecule has 98 valence electrons. The van der Waals surface area contributed by atoms with Crippen molar-refractivity contribution in [2.24, 2.45) is 0 Å². The zero-order valence-electron chi connectivity index (χ0n) is 10.8. The lowest BCUT2D eigenvalue weighted by Crippen LogP contribution is -2.05. The second-order valence-electron chi connectivity index (χ2n) is 4.55. The molecule has 0 saturated carbocycles. The molecule has 19 heavy (non-hydrogen) atoms. The van der Waals surface area contributed by atoms with Gasteiger partial charge in [-0.3, -0.25) is 0 Å². The Labute approximate surface area is 112 Å². The van der Waals surface area contributed by atoms with Crippen LogP contribution in [-0.2, 0) is 4.74 Å². The Morgan fingerprint density at radius 2 is 2.05 bits per heavy atom. The van der Waals surface area contributed by atoms with Gasteiger partial charge in [0.25, 0.3) is 0 Å². The van der Waals surface area contributed by atoms with E-state index < -0.39 is 6.10 Å². The highest BCUT2D eigenvalue weighted by Crippen LogP contribution is 2.37. The van der Waals surface area contributed by atoms with E-state index in [1.54, 1.807) is 7.11 Å². The van der Waals surface area contributed by atoms with Gasteiger partial charge in [-0.1, -0.05) is 30.3 Å². The number of methoxy groups -OCH3 is 1. The summed E-state index contributed by atoms with van der Waals surface area (Å²) in [5, 5.41) is 12.6. The molecule has 1 aliphatic heterocycles. The first-order valence-electron chi connectivity index (χ1n) is 6.38. The van der Waals surface area contributed by atoms with E-state index in [2.05, 4.69) is 0 Å². The highest BCUT2D eigenvalue weighted by atomic mass is 16.5. The van der Waals surface area contributed by atoms with E-state index in [9.17, 15) is 5.11 Å². The third kappa shape index (κ3) is 2.06. The van der Waals surface area contributed by atoms with E-state index in [0.29, 0.717) is 18.1 Å². The Morgan fingerprint density at radius 3 is 2.79 bits per heavy atom. The van der Waals surface area contributed by atoms with Crippen molar-refractivity contribution < 1.29 is 14.6 Å². The predicted octanol–water partition coefficient (Wildman–Crippen LogP) is 3.19. The molecule has 3 heteroatoms. The lowest BCUT2D eigenvalue weighted by Gasteiger charge is -2.18. The number of benzene rings is 2. The van der Waals surface area contributed by atoms with Crippen molar-refractivity contribution in [3.63, 3.8) is 0 Å². The van der Waals surface area contributed by atoms with Crippen molar-refractivity contribution in [2.75, 3.05) is 13.7 Å². The van der Waals surface area contributed by atoms with Crippen LogP contribution in [0.5, 0.6) is 5.75 Å². The number of fused-ring (bicyclic) bond motifs is 1. The van der Waals surface area contributed by atoms with Gasteiger partial charge >= 0.3 is 0 Å². The normalized spacial score (nSPS) is 16.0. The minimum absolute atomic E-state index is 0.620. The van der Waals surface area contributed by atoms with Crippen molar-refractivity contribution in [3.05, 3.63) is 53.8 Å². The van der Waals surface area contributed by atoms with Gasteiger partial charge in [-0.15, -0.1) is 0 Å². The fourth-order valence-electron chi connectivity index (χ4n) is 2.51. The third-order valence-corrected chi connectivity index (χ3v) is 3.43. The standard InChI is InChI=1S/C16H16O3/c1-18-13-9-8-11-5-2-3-6-12(11)15(13)16(17)14-7-4-10-19-14/h2-3,5-9,16-17H,4,10H2,1H3. The number of aliphatic hydroxyl groups excluding tert-OH is 1. The van der Waals surface area contributed by atoms with Crippen LogP contribution in [0, 0.1) is 0 Å². The fourth-order valence-corrected chi connectivity index (χ4v) is 2.51. The monoisotopic (exact) mass is 256 g/mol. The van der Waals surface area contributed by atoms with Gasteiger partial charge in [0, 0.05) is 12.0 Å². The number of hydrogen-bond donors (Lipinski definition) is 1. The van der Waals surface area contributed by atoms with Crippen molar-refractivity contribution >= 4 is 10.8 Å². The van der Waals surface area contributed by atoms with Gasteiger partial charge in [-0.25, -0.2) is 0 Å². The van der Waals surface area contributed by atoms with Gasteiger partial charge in [0.2, 0.25) is 0 Å². The van der Waals surface area contributed by atoms with Gasteiger partial charge in [0.15, 0.2) is 0 Å². The molecule has 1 aliphatic rings. The van der Waals surface area contributed by atoms with Crippen LogP contribution >= 0.6 is 0 Å². The summed E-state index contributed by atoms with van der Waals surface area (Å²) in [6.07, 6.45) is 2.01. The van der Waals surface area contributed by atoms with E-state index in [1.807, 2.05) is 42.5 Å². The van der Waals surface area contributed by atoms with Crippen LogP contribution in [0.3, 0.4) is 0 Å². The molecule has 3 nitrogen and oxygen atoms in total. The summed E-state index contributed by atoms with van der Waals surface area (Å²) in [4.78, 5) is 0. The van der Waals surface area contributed by atoms with Crippen molar-refractivity contribution in [2.45, 2.75) is 12.5 Å². The molecule has 0 bridgehead atoms. The summed E-state index contributed by atoms with van der Waals surface area (Å²) in [5.74, 6) is 1.30. The molecule has 0 spiro atoms. The Morgan fingerprint density at radius 1 is 1.21 bits per heavy atom. The lowest BCUT2D eigenvalue weighted by molar-refractivity contribution is 0.118. The molecule has 1 heterocycles. The molecule has 0 fully saturated rings. The molecule has 1 atom stereocenters. The van der Waals surface area contributed by atoms with E-state index in [4.69, 9.17) is 9.47 Å². The zero-order valence-corrected chi connectivity index (χ0v) is 10.8. The first-order chi connectivity index (χ1) is 9.31. The molecule has 3 rings (SSSR count). The van der Waals surface area contributed by atoms with Crippen LogP contribution in [0.1, 0.15) is 18.1 Å². The Balaban J connectivity index is 2.19. The fraction of sp³-hybridized carbons (Fsp3) is 0.250. The SMILES string of the molecule is COc1ccc2ccccc2c1C(O)C1=CCCO1. The Kier molecular flexibility index (Phi) is 3.13. The number of ether oxygens (including phenoxy) is 2. The van der Waals surface area contributed by atoms with E-state index >= 15 is 0 Å². The Hall–Kier alpha value is -2.00. The second-order valence-corrected chi connectivity index (χ2v) is 4.55. The van der Waals surface area contributed by atoms with Crippen LogP contribution in [0.4, 0.5) is 0 Å². The smallest absolute Gasteiger partial charge is 0.140 e. The van der Waals surface area contributed by atoms with Crippen LogP contribution in [0.25, 0.3) is 10.8 Å². The molecule has 1 N–H and O–H groups in total. The molecule has 0 aliphatic carbocycles. The summed E-state index contributed by atoms with van der Waals surface area (Å²) >= 11 is 0. The van der Waals surface area contributed by atoms with Crippen LogP contribution < -0.4 is 4.74 Å². The second kappa shape index (κ2) is 4.94. The van der Waals surface area contributed by atoms with E-state index in [1.165, 1.54) is 0 Å². The zero-order chi connectivity index (χ0) is 13.2. The average Bonchev–Trinajstić information content (AvgIpc) is 2.99. The molecule has 0 radical (unpaired) electrons. The minimum atomic E-state index is -0.774.